The minimum Gasteiger partial charge on any atom is -0.347 e. The Morgan fingerprint density at radius 2 is 2.04 bits per heavy atom. The number of aromatic nitrogens is 2. The van der Waals surface area contributed by atoms with Gasteiger partial charge in [0.1, 0.15) is 0 Å². The van der Waals surface area contributed by atoms with Crippen molar-refractivity contribution >= 4 is 5.91 Å². The van der Waals surface area contributed by atoms with E-state index in [1.807, 2.05) is 12.1 Å². The first-order valence-electron chi connectivity index (χ1n) is 8.84. The van der Waals surface area contributed by atoms with Gasteiger partial charge >= 0.3 is 0 Å². The Labute approximate surface area is 148 Å². The van der Waals surface area contributed by atoms with E-state index >= 15 is 0 Å². The fourth-order valence-corrected chi connectivity index (χ4v) is 3.22. The van der Waals surface area contributed by atoms with Crippen molar-refractivity contribution < 1.29 is 9.32 Å². The maximum atomic E-state index is 12.3. The lowest BCUT2D eigenvalue weighted by Gasteiger charge is -2.24. The minimum atomic E-state index is -0.0873. The predicted molar refractivity (Wildman–Crippen MR) is 95.9 cm³/mol. The summed E-state index contributed by atoms with van der Waals surface area (Å²) < 4.78 is 5.42. The predicted octanol–water partition coefficient (Wildman–Crippen LogP) is 2.91. The van der Waals surface area contributed by atoms with Gasteiger partial charge in [0.15, 0.2) is 0 Å². The van der Waals surface area contributed by atoms with Gasteiger partial charge in [0, 0.05) is 19.7 Å². The molecule has 134 valence electrons. The Bertz CT molecular complexity index is 721. The summed E-state index contributed by atoms with van der Waals surface area (Å²) in [5.74, 6) is 1.79. The summed E-state index contributed by atoms with van der Waals surface area (Å²) in [6, 6.07) is 8.16. The highest BCUT2D eigenvalue weighted by atomic mass is 16.5. The lowest BCUT2D eigenvalue weighted by Crippen LogP contribution is -2.42. The number of hydrogen-bond donors (Lipinski definition) is 0. The van der Waals surface area contributed by atoms with Gasteiger partial charge in [0.2, 0.25) is 17.6 Å². The average molecular weight is 342 g/mol. The van der Waals surface area contributed by atoms with Crippen molar-refractivity contribution in [2.75, 3.05) is 20.6 Å². The third-order valence-corrected chi connectivity index (χ3v) is 4.73. The number of likely N-dealkylation sites (N-methyl/N-ethyl adjacent to an activating group) is 1. The van der Waals surface area contributed by atoms with Crippen LogP contribution in [0.15, 0.2) is 28.8 Å². The number of benzene rings is 1. The number of nitrogens with zero attached hydrogens (tertiary/aromatic N) is 4. The van der Waals surface area contributed by atoms with Gasteiger partial charge in [-0.3, -0.25) is 9.69 Å². The molecule has 1 aliphatic rings. The molecule has 1 unspecified atom stereocenters. The van der Waals surface area contributed by atoms with Crippen LogP contribution in [0.2, 0.25) is 0 Å². The molecule has 1 atom stereocenters. The molecule has 6 heteroatoms. The lowest BCUT2D eigenvalue weighted by molar-refractivity contribution is -0.133. The van der Waals surface area contributed by atoms with Crippen molar-refractivity contribution in [3.05, 3.63) is 35.7 Å². The Hall–Kier alpha value is -2.21. The van der Waals surface area contributed by atoms with Crippen molar-refractivity contribution in [2.24, 2.45) is 0 Å². The molecule has 2 aromatic rings. The summed E-state index contributed by atoms with van der Waals surface area (Å²) in [7, 11) is 3.59. The quantitative estimate of drug-likeness (QED) is 0.836. The van der Waals surface area contributed by atoms with Crippen molar-refractivity contribution in [3.63, 3.8) is 0 Å². The molecule has 0 N–H and O–H groups in total. The smallest absolute Gasteiger partial charge is 0.241 e. The van der Waals surface area contributed by atoms with Crippen molar-refractivity contribution in [1.29, 1.82) is 0 Å². The summed E-state index contributed by atoms with van der Waals surface area (Å²) in [4.78, 5) is 20.6. The van der Waals surface area contributed by atoms with Crippen molar-refractivity contribution in [2.45, 2.75) is 45.2 Å². The zero-order valence-corrected chi connectivity index (χ0v) is 15.4. The van der Waals surface area contributed by atoms with E-state index in [1.54, 1.807) is 19.0 Å². The summed E-state index contributed by atoms with van der Waals surface area (Å²) in [6.07, 6.45) is 1.90. The van der Waals surface area contributed by atoms with Crippen molar-refractivity contribution in [1.82, 2.24) is 19.9 Å². The molecule has 1 aromatic carbocycles. The van der Waals surface area contributed by atoms with E-state index in [9.17, 15) is 4.79 Å². The molecule has 0 radical (unpaired) electrons. The lowest BCUT2D eigenvalue weighted by atomic mass is 10.0. The molecule has 0 aliphatic carbocycles. The second-order valence-electron chi connectivity index (χ2n) is 7.15. The van der Waals surface area contributed by atoms with Crippen LogP contribution in [-0.2, 0) is 11.3 Å². The zero-order chi connectivity index (χ0) is 18.0. The van der Waals surface area contributed by atoms with E-state index in [0.29, 0.717) is 24.2 Å². The van der Waals surface area contributed by atoms with Crippen LogP contribution < -0.4 is 0 Å². The van der Waals surface area contributed by atoms with Gasteiger partial charge in [-0.15, -0.1) is 0 Å². The van der Waals surface area contributed by atoms with Gasteiger partial charge < -0.3 is 9.42 Å². The first-order valence-corrected chi connectivity index (χ1v) is 8.84. The topological polar surface area (TPSA) is 62.5 Å². The van der Waals surface area contributed by atoms with Gasteiger partial charge in [-0.25, -0.2) is 0 Å². The SMILES string of the molecule is CC(C)c1ccc(-c2noc(CN3CCCC3C(=O)N(C)C)n2)cc1. The van der Waals surface area contributed by atoms with Gasteiger partial charge in [0.25, 0.3) is 0 Å². The number of carbonyl (C=O) groups excluding carboxylic acids is 1. The normalized spacial score (nSPS) is 18.0. The maximum absolute atomic E-state index is 12.3. The van der Waals surface area contributed by atoms with Crippen LogP contribution in [0.1, 0.15) is 44.1 Å². The molecule has 6 nitrogen and oxygen atoms in total. The molecule has 0 bridgehead atoms. The van der Waals surface area contributed by atoms with Crippen molar-refractivity contribution in [3.8, 4) is 11.4 Å². The molecule has 1 amide bonds. The molecule has 1 fully saturated rings. The van der Waals surface area contributed by atoms with E-state index in [2.05, 4.69) is 41.0 Å². The van der Waals surface area contributed by atoms with E-state index < -0.39 is 0 Å². The number of amides is 1. The second kappa shape index (κ2) is 7.35. The fourth-order valence-electron chi connectivity index (χ4n) is 3.22. The highest BCUT2D eigenvalue weighted by molar-refractivity contribution is 5.81. The van der Waals surface area contributed by atoms with Crippen LogP contribution in [0.4, 0.5) is 0 Å². The highest BCUT2D eigenvalue weighted by Gasteiger charge is 2.32. The van der Waals surface area contributed by atoms with Gasteiger partial charge in [-0.05, 0) is 30.9 Å². The highest BCUT2D eigenvalue weighted by Crippen LogP contribution is 2.23. The number of hydrogen-bond acceptors (Lipinski definition) is 5. The van der Waals surface area contributed by atoms with Crippen LogP contribution >= 0.6 is 0 Å². The second-order valence-corrected chi connectivity index (χ2v) is 7.15. The third kappa shape index (κ3) is 3.90. The van der Waals surface area contributed by atoms with E-state index in [-0.39, 0.29) is 11.9 Å². The number of carbonyl (C=O) groups is 1. The molecule has 0 saturated carbocycles. The van der Waals surface area contributed by atoms with Crippen LogP contribution in [0.25, 0.3) is 11.4 Å². The third-order valence-electron chi connectivity index (χ3n) is 4.73. The largest absolute Gasteiger partial charge is 0.347 e. The number of rotatable bonds is 5. The Balaban J connectivity index is 1.70. The molecule has 3 rings (SSSR count). The van der Waals surface area contributed by atoms with E-state index in [1.165, 1.54) is 5.56 Å². The summed E-state index contributed by atoms with van der Waals surface area (Å²) in [6.45, 7) is 5.73. The van der Waals surface area contributed by atoms with E-state index in [4.69, 9.17) is 4.52 Å². The first kappa shape index (κ1) is 17.6. The number of likely N-dealkylation sites (tertiary alicyclic amines) is 1. The minimum absolute atomic E-state index is 0.0873. The van der Waals surface area contributed by atoms with Crippen LogP contribution in [-0.4, -0.2) is 52.5 Å². The average Bonchev–Trinajstić information content (AvgIpc) is 3.24. The molecule has 2 heterocycles. The van der Waals surface area contributed by atoms with E-state index in [0.717, 1.165) is 24.9 Å². The van der Waals surface area contributed by atoms with Gasteiger partial charge in [-0.2, -0.15) is 4.98 Å². The van der Waals surface area contributed by atoms with Crippen LogP contribution in [0.3, 0.4) is 0 Å². The molecule has 1 saturated heterocycles. The maximum Gasteiger partial charge on any atom is 0.241 e. The zero-order valence-electron chi connectivity index (χ0n) is 15.4. The monoisotopic (exact) mass is 342 g/mol. The molecular weight excluding hydrogens is 316 g/mol. The molecule has 25 heavy (non-hydrogen) atoms. The molecule has 1 aliphatic heterocycles. The Morgan fingerprint density at radius 3 is 2.68 bits per heavy atom. The first-order chi connectivity index (χ1) is 12.0. The molecule has 0 spiro atoms. The molecule has 1 aromatic heterocycles. The van der Waals surface area contributed by atoms with Crippen LogP contribution in [0, 0.1) is 0 Å². The standard InChI is InChI=1S/C19H26N4O2/c1-13(2)14-7-9-15(10-8-14)18-20-17(25-21-18)12-23-11-5-6-16(23)19(24)22(3)4/h7-10,13,16H,5-6,11-12H2,1-4H3. The summed E-state index contributed by atoms with van der Waals surface area (Å²) >= 11 is 0. The molecular formula is C19H26N4O2. The summed E-state index contributed by atoms with van der Waals surface area (Å²) in [5, 5.41) is 4.10. The Morgan fingerprint density at radius 1 is 1.32 bits per heavy atom. The fraction of sp³-hybridized carbons (Fsp3) is 0.526. The summed E-state index contributed by atoms with van der Waals surface area (Å²) in [5.41, 5.74) is 2.23. The van der Waals surface area contributed by atoms with Gasteiger partial charge in [0.05, 0.1) is 12.6 Å². The Kier molecular flexibility index (Phi) is 5.18. The van der Waals surface area contributed by atoms with Crippen LogP contribution in [0.5, 0.6) is 0 Å². The van der Waals surface area contributed by atoms with Gasteiger partial charge in [-0.1, -0.05) is 43.3 Å².